The molecule has 0 radical (unpaired) electrons. The zero-order chi connectivity index (χ0) is 18.8. The number of rotatable bonds is 6. The van der Waals surface area contributed by atoms with Crippen LogP contribution in [0.15, 0.2) is 9.68 Å². The number of ether oxygens (including phenoxy) is 1. The molecule has 0 N–H and O–H groups in total. The monoisotopic (exact) mass is 376 g/mol. The van der Waals surface area contributed by atoms with E-state index in [4.69, 9.17) is 9.26 Å². The Morgan fingerprint density at radius 1 is 1.27 bits per heavy atom. The second-order valence-corrected chi connectivity index (χ2v) is 6.88. The van der Waals surface area contributed by atoms with E-state index in [0.29, 0.717) is 16.8 Å². The van der Waals surface area contributed by atoms with Gasteiger partial charge >= 0.3 is 5.97 Å². The van der Waals surface area contributed by atoms with E-state index >= 15 is 0 Å². The molecule has 0 atom stereocenters. The highest BCUT2D eigenvalue weighted by molar-refractivity contribution is 7.98. The number of aromatic nitrogens is 6. The minimum Gasteiger partial charge on any atom is -0.455 e. The largest absolute Gasteiger partial charge is 0.455 e. The predicted octanol–water partition coefficient (Wildman–Crippen LogP) is 2.26. The van der Waals surface area contributed by atoms with Gasteiger partial charge in [-0.15, -0.1) is 5.10 Å². The molecule has 0 aliphatic rings. The molecule has 9 nitrogen and oxygen atoms in total. The van der Waals surface area contributed by atoms with Gasteiger partial charge in [-0.1, -0.05) is 30.8 Å². The molecule has 3 aromatic rings. The number of fused-ring (bicyclic) bond motifs is 1. The molecule has 0 saturated carbocycles. The van der Waals surface area contributed by atoms with Crippen LogP contribution in [0, 0.1) is 13.8 Å². The van der Waals surface area contributed by atoms with Crippen molar-refractivity contribution in [2.24, 2.45) is 0 Å². The summed E-state index contributed by atoms with van der Waals surface area (Å²) in [6.45, 7) is 7.60. The molecule has 0 aliphatic carbocycles. The van der Waals surface area contributed by atoms with Crippen LogP contribution in [0.5, 0.6) is 0 Å². The average Bonchev–Trinajstić information content (AvgIpc) is 3.23. The van der Waals surface area contributed by atoms with Crippen LogP contribution in [0.2, 0.25) is 0 Å². The van der Waals surface area contributed by atoms with Crippen molar-refractivity contribution in [3.8, 4) is 0 Å². The van der Waals surface area contributed by atoms with Gasteiger partial charge in [0.1, 0.15) is 0 Å². The fourth-order valence-electron chi connectivity index (χ4n) is 2.43. The Hall–Kier alpha value is -2.49. The highest BCUT2D eigenvalue weighted by Gasteiger charge is 2.18. The van der Waals surface area contributed by atoms with Crippen molar-refractivity contribution >= 4 is 23.5 Å². The highest BCUT2D eigenvalue weighted by Crippen LogP contribution is 2.18. The molecule has 26 heavy (non-hydrogen) atoms. The van der Waals surface area contributed by atoms with Crippen molar-refractivity contribution in [3.05, 3.63) is 28.7 Å². The zero-order valence-electron chi connectivity index (χ0n) is 15.3. The van der Waals surface area contributed by atoms with Gasteiger partial charge in [0.2, 0.25) is 5.16 Å². The SMILES string of the molecule is CSc1nc2nc(C)c(CC(=O)OCc3nc(C(C)C)no3)c(C)n2n1. The van der Waals surface area contributed by atoms with Gasteiger partial charge in [0, 0.05) is 22.9 Å². The van der Waals surface area contributed by atoms with E-state index in [9.17, 15) is 4.79 Å². The normalized spacial score (nSPS) is 11.5. The third kappa shape index (κ3) is 3.69. The molecule has 0 bridgehead atoms. The summed E-state index contributed by atoms with van der Waals surface area (Å²) in [4.78, 5) is 25.2. The number of esters is 1. The van der Waals surface area contributed by atoms with Crippen LogP contribution < -0.4 is 0 Å². The highest BCUT2D eigenvalue weighted by atomic mass is 32.2. The predicted molar refractivity (Wildman–Crippen MR) is 93.9 cm³/mol. The van der Waals surface area contributed by atoms with Crippen molar-refractivity contribution in [2.45, 2.75) is 51.8 Å². The second-order valence-electron chi connectivity index (χ2n) is 6.11. The quantitative estimate of drug-likeness (QED) is 0.472. The lowest BCUT2D eigenvalue weighted by Gasteiger charge is -2.09. The molecule has 0 aliphatic heterocycles. The van der Waals surface area contributed by atoms with E-state index in [1.165, 1.54) is 11.8 Å². The van der Waals surface area contributed by atoms with Gasteiger partial charge in [-0.05, 0) is 20.1 Å². The Bertz CT molecular complexity index is 949. The Kier molecular flexibility index (Phi) is 5.21. The molecule has 138 valence electrons. The number of hydrogen-bond acceptors (Lipinski definition) is 9. The lowest BCUT2D eigenvalue weighted by molar-refractivity contribution is -0.144. The lowest BCUT2D eigenvalue weighted by atomic mass is 10.1. The minimum absolute atomic E-state index is 0.0493. The van der Waals surface area contributed by atoms with Gasteiger partial charge in [-0.2, -0.15) is 9.97 Å². The molecule has 10 heteroatoms. The van der Waals surface area contributed by atoms with Crippen molar-refractivity contribution in [2.75, 3.05) is 6.26 Å². The topological polar surface area (TPSA) is 108 Å². The first-order chi connectivity index (χ1) is 12.4. The van der Waals surface area contributed by atoms with Crippen LogP contribution in [-0.2, 0) is 22.6 Å². The summed E-state index contributed by atoms with van der Waals surface area (Å²) in [5.74, 6) is 1.15. The van der Waals surface area contributed by atoms with Gasteiger partial charge < -0.3 is 9.26 Å². The summed E-state index contributed by atoms with van der Waals surface area (Å²) >= 11 is 1.44. The van der Waals surface area contributed by atoms with Crippen LogP contribution in [0.3, 0.4) is 0 Å². The number of hydrogen-bond donors (Lipinski definition) is 0. The average molecular weight is 376 g/mol. The third-order valence-electron chi connectivity index (χ3n) is 3.89. The van der Waals surface area contributed by atoms with Gasteiger partial charge in [0.25, 0.3) is 11.7 Å². The standard InChI is InChI=1S/C16H20N6O3S/c1-8(2)14-18-12(25-21-14)7-24-13(23)6-11-9(3)17-15-19-16(26-5)20-22(15)10(11)4/h8H,6-7H2,1-5H3. The van der Waals surface area contributed by atoms with Crippen LogP contribution >= 0.6 is 11.8 Å². The first-order valence-electron chi connectivity index (χ1n) is 8.14. The number of aryl methyl sites for hydroxylation is 2. The molecular weight excluding hydrogens is 356 g/mol. The fourth-order valence-corrected chi connectivity index (χ4v) is 2.77. The molecule has 0 saturated heterocycles. The minimum atomic E-state index is -0.396. The van der Waals surface area contributed by atoms with Crippen molar-refractivity contribution < 1.29 is 14.1 Å². The van der Waals surface area contributed by atoms with Crippen molar-refractivity contribution in [3.63, 3.8) is 0 Å². The number of carbonyl (C=O) groups excluding carboxylic acids is 1. The van der Waals surface area contributed by atoms with Crippen molar-refractivity contribution in [1.82, 2.24) is 29.7 Å². The molecule has 0 unspecified atom stereocenters. The Balaban J connectivity index is 1.72. The lowest BCUT2D eigenvalue weighted by Crippen LogP contribution is -2.13. The Labute approximate surface area is 154 Å². The maximum absolute atomic E-state index is 12.2. The van der Waals surface area contributed by atoms with Gasteiger partial charge in [-0.3, -0.25) is 4.79 Å². The summed E-state index contributed by atoms with van der Waals surface area (Å²) in [6, 6.07) is 0. The van der Waals surface area contributed by atoms with E-state index < -0.39 is 5.97 Å². The summed E-state index contributed by atoms with van der Waals surface area (Å²) in [7, 11) is 0. The van der Waals surface area contributed by atoms with E-state index in [2.05, 4.69) is 25.2 Å². The molecule has 0 amide bonds. The fraction of sp³-hybridized carbons (Fsp3) is 0.500. The number of carbonyl (C=O) groups is 1. The third-order valence-corrected chi connectivity index (χ3v) is 4.43. The van der Waals surface area contributed by atoms with E-state index in [1.54, 1.807) is 4.52 Å². The van der Waals surface area contributed by atoms with Gasteiger partial charge in [-0.25, -0.2) is 9.50 Å². The molecule has 3 rings (SSSR count). The molecule has 0 fully saturated rings. The van der Waals surface area contributed by atoms with Crippen molar-refractivity contribution in [1.29, 1.82) is 0 Å². The Morgan fingerprint density at radius 3 is 2.69 bits per heavy atom. The second kappa shape index (κ2) is 7.40. The number of thioether (sulfide) groups is 1. The van der Waals surface area contributed by atoms with Crippen LogP contribution in [0.25, 0.3) is 5.78 Å². The zero-order valence-corrected chi connectivity index (χ0v) is 16.1. The van der Waals surface area contributed by atoms with E-state index in [-0.39, 0.29) is 24.8 Å². The van der Waals surface area contributed by atoms with Crippen LogP contribution in [-0.4, -0.2) is 41.9 Å². The maximum Gasteiger partial charge on any atom is 0.310 e. The summed E-state index contributed by atoms with van der Waals surface area (Å²) < 4.78 is 12.0. The molecule has 0 spiro atoms. The Morgan fingerprint density at radius 2 is 2.04 bits per heavy atom. The maximum atomic E-state index is 12.2. The molecule has 0 aromatic carbocycles. The molecule has 3 heterocycles. The number of nitrogens with zero attached hydrogens (tertiary/aromatic N) is 6. The summed E-state index contributed by atoms with van der Waals surface area (Å²) in [5, 5.41) is 8.85. The van der Waals surface area contributed by atoms with Crippen LogP contribution in [0.4, 0.5) is 0 Å². The summed E-state index contributed by atoms with van der Waals surface area (Å²) in [6.07, 6.45) is 1.98. The van der Waals surface area contributed by atoms with Gasteiger partial charge in [0.15, 0.2) is 12.4 Å². The molecule has 3 aromatic heterocycles. The van der Waals surface area contributed by atoms with E-state index in [0.717, 1.165) is 17.0 Å². The van der Waals surface area contributed by atoms with E-state index in [1.807, 2.05) is 34.0 Å². The van der Waals surface area contributed by atoms with Crippen LogP contribution in [0.1, 0.15) is 48.4 Å². The van der Waals surface area contributed by atoms with Gasteiger partial charge in [0.05, 0.1) is 6.42 Å². The summed E-state index contributed by atoms with van der Waals surface area (Å²) in [5.41, 5.74) is 2.32. The molecular formula is C16H20N6O3S. The first-order valence-corrected chi connectivity index (χ1v) is 9.36. The first kappa shape index (κ1) is 18.3. The smallest absolute Gasteiger partial charge is 0.310 e.